The summed E-state index contributed by atoms with van der Waals surface area (Å²) in [4.78, 5) is 26.0. The molecule has 1 rings (SSSR count). The largest absolute Gasteiger partial charge is 0.444 e. The molecule has 2 N–H and O–H groups in total. The van der Waals surface area contributed by atoms with Gasteiger partial charge in [-0.3, -0.25) is 4.79 Å². The number of benzene rings is 1. The van der Waals surface area contributed by atoms with Crippen LogP contribution in [0.3, 0.4) is 0 Å². The van der Waals surface area contributed by atoms with E-state index in [9.17, 15) is 9.59 Å². The smallest absolute Gasteiger partial charge is 0.407 e. The molecule has 0 aliphatic heterocycles. The lowest BCUT2D eigenvalue weighted by Crippen LogP contribution is -2.33. The number of nitrogens with one attached hydrogen (secondary N) is 2. The minimum atomic E-state index is -0.508. The Hall–Kier alpha value is -2.73. The molecule has 1 aromatic carbocycles. The number of ether oxygens (including phenoxy) is 1. The maximum atomic E-state index is 11.9. The van der Waals surface area contributed by atoms with Crippen LogP contribution in [0.15, 0.2) is 29.4 Å². The Labute approximate surface area is 141 Å². The topological polar surface area (TPSA) is 116 Å². The Kier molecular flexibility index (Phi) is 7.58. The van der Waals surface area contributed by atoms with Crippen molar-refractivity contribution in [3.05, 3.63) is 40.3 Å². The first-order valence-corrected chi connectivity index (χ1v) is 7.72. The number of azide groups is 1. The van der Waals surface area contributed by atoms with Gasteiger partial charge in [0.05, 0.1) is 0 Å². The highest BCUT2D eigenvalue weighted by molar-refractivity contribution is 5.94. The summed E-state index contributed by atoms with van der Waals surface area (Å²) in [5.41, 5.74) is 8.77. The minimum absolute atomic E-state index is 0.192. The van der Waals surface area contributed by atoms with Crippen LogP contribution in [-0.2, 0) is 4.74 Å². The average Bonchev–Trinajstić information content (AvgIpc) is 2.50. The quantitative estimate of drug-likeness (QED) is 0.343. The summed E-state index contributed by atoms with van der Waals surface area (Å²) in [6.45, 7) is 6.42. The second-order valence-corrected chi connectivity index (χ2v) is 6.13. The molecule has 130 valence electrons. The van der Waals surface area contributed by atoms with E-state index in [1.807, 2.05) is 0 Å². The molecule has 24 heavy (non-hydrogen) atoms. The number of alkyl carbamates (subject to hydrolysis) is 1. The van der Waals surface area contributed by atoms with E-state index in [1.165, 1.54) is 0 Å². The van der Waals surface area contributed by atoms with Gasteiger partial charge in [0.2, 0.25) is 0 Å². The van der Waals surface area contributed by atoms with E-state index in [2.05, 4.69) is 20.7 Å². The number of unbranched alkanes of at least 4 members (excludes halogenated alkanes) is 1. The molecule has 0 aliphatic carbocycles. The van der Waals surface area contributed by atoms with Crippen molar-refractivity contribution >= 4 is 17.7 Å². The standard InChI is InChI=1S/C16H23N5O3/c1-16(2,3)24-15(23)19-11-5-4-10-18-14(22)12-6-8-13(9-7-12)20-21-17/h6-9H,4-5,10-11H2,1-3H3,(H,18,22)(H,19,23). The number of amides is 2. The van der Waals surface area contributed by atoms with Crippen LogP contribution in [0.5, 0.6) is 0 Å². The van der Waals surface area contributed by atoms with Crippen LogP contribution in [0, 0.1) is 0 Å². The third-order valence-corrected chi connectivity index (χ3v) is 2.85. The van der Waals surface area contributed by atoms with Crippen molar-refractivity contribution in [2.45, 2.75) is 39.2 Å². The normalized spacial score (nSPS) is 10.5. The Balaban J connectivity index is 2.19. The molecule has 0 saturated heterocycles. The van der Waals surface area contributed by atoms with Crippen LogP contribution in [0.4, 0.5) is 10.5 Å². The summed E-state index contributed by atoms with van der Waals surface area (Å²) in [7, 11) is 0. The first-order chi connectivity index (χ1) is 11.3. The highest BCUT2D eigenvalue weighted by atomic mass is 16.6. The maximum absolute atomic E-state index is 11.9. The summed E-state index contributed by atoms with van der Waals surface area (Å²) in [6, 6.07) is 6.37. The first kappa shape index (κ1) is 19.3. The number of carbonyl (C=O) groups is 2. The van der Waals surface area contributed by atoms with Gasteiger partial charge in [-0.2, -0.15) is 0 Å². The molecule has 0 radical (unpaired) electrons. The lowest BCUT2D eigenvalue weighted by molar-refractivity contribution is 0.0526. The number of hydrogen-bond acceptors (Lipinski definition) is 4. The van der Waals surface area contributed by atoms with Gasteiger partial charge in [0.1, 0.15) is 5.60 Å². The third-order valence-electron chi connectivity index (χ3n) is 2.85. The Morgan fingerprint density at radius 3 is 2.25 bits per heavy atom. The highest BCUT2D eigenvalue weighted by Crippen LogP contribution is 2.13. The van der Waals surface area contributed by atoms with E-state index in [4.69, 9.17) is 10.3 Å². The molecular formula is C16H23N5O3. The molecule has 0 spiro atoms. The van der Waals surface area contributed by atoms with Crippen molar-refractivity contribution in [3.63, 3.8) is 0 Å². The molecule has 0 bridgehead atoms. The van der Waals surface area contributed by atoms with Crippen molar-refractivity contribution < 1.29 is 14.3 Å². The van der Waals surface area contributed by atoms with Gasteiger partial charge in [-0.05, 0) is 51.3 Å². The van der Waals surface area contributed by atoms with Gasteiger partial charge in [-0.25, -0.2) is 4.79 Å². The van der Waals surface area contributed by atoms with Gasteiger partial charge in [0.25, 0.3) is 5.91 Å². The molecule has 0 fully saturated rings. The third kappa shape index (κ3) is 8.05. The predicted molar refractivity (Wildman–Crippen MR) is 91.1 cm³/mol. The minimum Gasteiger partial charge on any atom is -0.444 e. The molecule has 1 aromatic rings. The van der Waals surface area contributed by atoms with Crippen molar-refractivity contribution in [2.24, 2.45) is 5.11 Å². The fraction of sp³-hybridized carbons (Fsp3) is 0.500. The van der Waals surface area contributed by atoms with Crippen molar-refractivity contribution in [3.8, 4) is 0 Å². The van der Waals surface area contributed by atoms with E-state index >= 15 is 0 Å². The molecular weight excluding hydrogens is 310 g/mol. The van der Waals surface area contributed by atoms with E-state index in [0.29, 0.717) is 24.3 Å². The molecule has 0 atom stereocenters. The zero-order valence-electron chi connectivity index (χ0n) is 14.2. The van der Waals surface area contributed by atoms with Gasteiger partial charge in [0, 0.05) is 29.3 Å². The van der Waals surface area contributed by atoms with Crippen LogP contribution in [0.2, 0.25) is 0 Å². The van der Waals surface area contributed by atoms with Gasteiger partial charge in [-0.1, -0.05) is 17.2 Å². The Morgan fingerprint density at radius 1 is 1.12 bits per heavy atom. The fourth-order valence-electron chi connectivity index (χ4n) is 1.79. The van der Waals surface area contributed by atoms with Crippen LogP contribution in [0.1, 0.15) is 44.0 Å². The van der Waals surface area contributed by atoms with Gasteiger partial charge >= 0.3 is 6.09 Å². The summed E-state index contributed by atoms with van der Waals surface area (Å²) < 4.78 is 5.12. The summed E-state index contributed by atoms with van der Waals surface area (Å²) >= 11 is 0. The summed E-state index contributed by atoms with van der Waals surface area (Å²) in [6.07, 6.45) is 1.03. The van der Waals surface area contributed by atoms with Crippen molar-refractivity contribution in [2.75, 3.05) is 13.1 Å². The molecule has 8 heteroatoms. The monoisotopic (exact) mass is 333 g/mol. The second kappa shape index (κ2) is 9.42. The summed E-state index contributed by atoms with van der Waals surface area (Å²) in [5.74, 6) is -0.192. The number of carbonyl (C=O) groups excluding carboxylic acids is 2. The average molecular weight is 333 g/mol. The lowest BCUT2D eigenvalue weighted by atomic mass is 10.2. The van der Waals surface area contributed by atoms with Crippen molar-refractivity contribution in [1.29, 1.82) is 0 Å². The first-order valence-electron chi connectivity index (χ1n) is 7.72. The van der Waals surface area contributed by atoms with Crippen LogP contribution in [-0.4, -0.2) is 30.7 Å². The van der Waals surface area contributed by atoms with Gasteiger partial charge in [0.15, 0.2) is 0 Å². The predicted octanol–water partition coefficient (Wildman–Crippen LogP) is 3.66. The van der Waals surface area contributed by atoms with Crippen molar-refractivity contribution in [1.82, 2.24) is 10.6 Å². The van der Waals surface area contributed by atoms with Crippen LogP contribution >= 0.6 is 0 Å². The number of hydrogen-bond donors (Lipinski definition) is 2. The molecule has 0 saturated carbocycles. The van der Waals surface area contributed by atoms with E-state index in [0.717, 1.165) is 12.8 Å². The van der Waals surface area contributed by atoms with Gasteiger partial charge in [-0.15, -0.1) is 0 Å². The molecule has 2 amide bonds. The Bertz CT molecular complexity index is 601. The zero-order chi connectivity index (χ0) is 18.0. The SMILES string of the molecule is CC(C)(C)OC(=O)NCCCCNC(=O)c1ccc(N=[N+]=[N-])cc1. The second-order valence-electron chi connectivity index (χ2n) is 6.13. The Morgan fingerprint density at radius 2 is 1.71 bits per heavy atom. The van der Waals surface area contributed by atoms with E-state index in [-0.39, 0.29) is 5.91 Å². The van der Waals surface area contributed by atoms with Gasteiger partial charge < -0.3 is 15.4 Å². The van der Waals surface area contributed by atoms with E-state index < -0.39 is 11.7 Å². The molecule has 0 aliphatic rings. The lowest BCUT2D eigenvalue weighted by Gasteiger charge is -2.19. The maximum Gasteiger partial charge on any atom is 0.407 e. The van der Waals surface area contributed by atoms with E-state index in [1.54, 1.807) is 45.0 Å². The summed E-state index contributed by atoms with van der Waals surface area (Å²) in [5, 5.41) is 8.90. The number of nitrogens with zero attached hydrogens (tertiary/aromatic N) is 3. The van der Waals surface area contributed by atoms with Crippen LogP contribution in [0.25, 0.3) is 10.4 Å². The molecule has 0 aromatic heterocycles. The molecule has 0 heterocycles. The van der Waals surface area contributed by atoms with Crippen LogP contribution < -0.4 is 10.6 Å². The fourth-order valence-corrected chi connectivity index (χ4v) is 1.79. The highest BCUT2D eigenvalue weighted by Gasteiger charge is 2.15. The number of rotatable bonds is 7. The molecule has 0 unspecified atom stereocenters. The zero-order valence-corrected chi connectivity index (χ0v) is 14.2. The molecule has 8 nitrogen and oxygen atoms in total.